The fourth-order valence-corrected chi connectivity index (χ4v) is 2.50. The van der Waals surface area contributed by atoms with Crippen LogP contribution in [0.25, 0.3) is 11.0 Å². The van der Waals surface area contributed by atoms with Crippen LogP contribution in [0.3, 0.4) is 0 Å². The number of hydrogen-bond donors (Lipinski definition) is 2. The van der Waals surface area contributed by atoms with Crippen molar-refractivity contribution in [1.82, 2.24) is 9.55 Å². The maximum Gasteiger partial charge on any atom is 0.212 e. The van der Waals surface area contributed by atoms with Gasteiger partial charge in [-0.05, 0) is 31.2 Å². The molecule has 6 nitrogen and oxygen atoms in total. The number of nitrogens with zero attached hydrogens (tertiary/aromatic N) is 3. The number of imidazole rings is 1. The van der Waals surface area contributed by atoms with Gasteiger partial charge in [0.25, 0.3) is 0 Å². The number of anilines is 1. The molecule has 0 bridgehead atoms. The van der Waals surface area contributed by atoms with Crippen LogP contribution in [0.2, 0.25) is 0 Å². The highest BCUT2D eigenvalue weighted by molar-refractivity contribution is 5.94. The molecule has 1 atom stereocenters. The van der Waals surface area contributed by atoms with E-state index in [1.54, 1.807) is 0 Å². The molecule has 2 aromatic heterocycles. The molecule has 1 aliphatic rings. The first kappa shape index (κ1) is 11.1. The highest BCUT2D eigenvalue weighted by atomic mass is 16.3. The normalized spacial score (nSPS) is 17.6. The molecular weight excluding hydrogens is 254 g/mol. The summed E-state index contributed by atoms with van der Waals surface area (Å²) >= 11 is 0. The Hall–Kier alpha value is -2.76. The lowest BCUT2D eigenvalue weighted by Gasteiger charge is -2.21. The average Bonchev–Trinajstić information content (AvgIpc) is 3.00. The summed E-state index contributed by atoms with van der Waals surface area (Å²) < 4.78 is 7.70. The van der Waals surface area contributed by atoms with Crippen molar-refractivity contribution < 1.29 is 4.42 Å². The first-order valence-corrected chi connectivity index (χ1v) is 6.36. The lowest BCUT2D eigenvalue weighted by Crippen LogP contribution is -2.31. The van der Waals surface area contributed by atoms with Crippen LogP contribution in [0, 0.1) is 6.92 Å². The van der Waals surface area contributed by atoms with Gasteiger partial charge in [-0.2, -0.15) is 0 Å². The fraction of sp³-hybridized carbons (Fsp3) is 0.143. The Balaban J connectivity index is 1.98. The molecule has 0 radical (unpaired) electrons. The van der Waals surface area contributed by atoms with Crippen LogP contribution in [-0.2, 0) is 0 Å². The summed E-state index contributed by atoms with van der Waals surface area (Å²) in [7, 11) is 0. The Kier molecular flexibility index (Phi) is 2.14. The monoisotopic (exact) mass is 267 g/mol. The zero-order chi connectivity index (χ0) is 13.7. The third kappa shape index (κ3) is 1.51. The number of para-hydroxylation sites is 2. The Morgan fingerprint density at radius 2 is 2.10 bits per heavy atom. The average molecular weight is 267 g/mol. The van der Waals surface area contributed by atoms with Crippen molar-refractivity contribution in [2.75, 3.05) is 5.32 Å². The Labute approximate surface area is 114 Å². The molecule has 3 N–H and O–H groups in total. The second kappa shape index (κ2) is 3.86. The molecule has 100 valence electrons. The van der Waals surface area contributed by atoms with Gasteiger partial charge in [0.05, 0.1) is 11.0 Å². The molecule has 1 aromatic carbocycles. The maximum atomic E-state index is 5.85. The van der Waals surface area contributed by atoms with Crippen LogP contribution in [-0.4, -0.2) is 15.5 Å². The van der Waals surface area contributed by atoms with Gasteiger partial charge in [-0.3, -0.25) is 9.88 Å². The molecule has 1 aliphatic heterocycles. The maximum absolute atomic E-state index is 5.85. The Bertz CT molecular complexity index is 829. The zero-order valence-electron chi connectivity index (χ0n) is 10.9. The summed E-state index contributed by atoms with van der Waals surface area (Å²) in [5, 5.41) is 2.99. The van der Waals surface area contributed by atoms with E-state index in [-0.39, 0.29) is 6.17 Å². The van der Waals surface area contributed by atoms with E-state index in [2.05, 4.69) is 15.3 Å². The smallest absolute Gasteiger partial charge is 0.212 e. The minimum Gasteiger partial charge on any atom is -0.462 e. The predicted octanol–water partition coefficient (Wildman–Crippen LogP) is 2.22. The van der Waals surface area contributed by atoms with Crippen LogP contribution >= 0.6 is 0 Å². The van der Waals surface area contributed by atoms with Gasteiger partial charge in [-0.25, -0.2) is 9.98 Å². The number of nitrogens with one attached hydrogen (secondary N) is 1. The third-order valence-electron chi connectivity index (χ3n) is 3.36. The summed E-state index contributed by atoms with van der Waals surface area (Å²) in [6.07, 6.45) is -0.327. The topological polar surface area (TPSA) is 81.4 Å². The van der Waals surface area contributed by atoms with Gasteiger partial charge in [-0.1, -0.05) is 12.1 Å². The van der Waals surface area contributed by atoms with Gasteiger partial charge in [0.2, 0.25) is 5.95 Å². The SMILES string of the molecule is Cc1ccc(C2N=C(N)Nc3nc4ccccc4n32)o1. The van der Waals surface area contributed by atoms with Crippen LogP contribution in [0.4, 0.5) is 5.95 Å². The van der Waals surface area contributed by atoms with Gasteiger partial charge < -0.3 is 10.2 Å². The standard InChI is InChI=1S/C14H13N5O/c1-8-6-7-11(20-8)12-17-13(15)18-14-16-9-4-2-3-5-10(9)19(12)14/h2-7,12H,1H3,(H3,15,16,17,18). The van der Waals surface area contributed by atoms with E-state index >= 15 is 0 Å². The molecule has 0 saturated carbocycles. The van der Waals surface area contributed by atoms with E-state index in [0.717, 1.165) is 22.6 Å². The summed E-state index contributed by atoms with van der Waals surface area (Å²) in [6.45, 7) is 1.91. The first-order valence-electron chi connectivity index (χ1n) is 6.36. The van der Waals surface area contributed by atoms with Gasteiger partial charge in [-0.15, -0.1) is 0 Å². The molecule has 3 aromatic rings. The fourth-order valence-electron chi connectivity index (χ4n) is 2.50. The van der Waals surface area contributed by atoms with Crippen LogP contribution in [0.5, 0.6) is 0 Å². The lowest BCUT2D eigenvalue weighted by molar-refractivity contribution is 0.425. The number of nitrogens with two attached hydrogens (primary N) is 1. The van der Waals surface area contributed by atoms with E-state index in [4.69, 9.17) is 10.2 Å². The largest absolute Gasteiger partial charge is 0.462 e. The van der Waals surface area contributed by atoms with Gasteiger partial charge in [0, 0.05) is 0 Å². The quantitative estimate of drug-likeness (QED) is 0.708. The molecule has 3 heterocycles. The molecule has 0 amide bonds. The highest BCUT2D eigenvalue weighted by Gasteiger charge is 2.26. The molecule has 4 rings (SSSR count). The van der Waals surface area contributed by atoms with Crippen molar-refractivity contribution in [2.45, 2.75) is 13.1 Å². The molecule has 0 spiro atoms. The number of fused-ring (bicyclic) bond motifs is 3. The zero-order valence-corrected chi connectivity index (χ0v) is 10.9. The van der Waals surface area contributed by atoms with Crippen molar-refractivity contribution in [3.8, 4) is 0 Å². The number of aryl methyl sites for hydroxylation is 1. The number of aromatic nitrogens is 2. The van der Waals surface area contributed by atoms with Crippen molar-refractivity contribution >= 4 is 22.9 Å². The number of guanidine groups is 1. The minimum absolute atomic E-state index is 0.327. The van der Waals surface area contributed by atoms with E-state index in [1.165, 1.54) is 0 Å². The Morgan fingerprint density at radius 1 is 1.25 bits per heavy atom. The summed E-state index contributed by atoms with van der Waals surface area (Å²) in [6, 6.07) is 11.7. The number of aliphatic imine (C=N–C) groups is 1. The third-order valence-corrected chi connectivity index (χ3v) is 3.36. The summed E-state index contributed by atoms with van der Waals surface area (Å²) in [5.41, 5.74) is 7.74. The van der Waals surface area contributed by atoms with Crippen molar-refractivity contribution in [3.05, 3.63) is 47.9 Å². The lowest BCUT2D eigenvalue weighted by atomic mass is 10.3. The molecule has 6 heteroatoms. The molecule has 0 saturated heterocycles. The molecule has 1 unspecified atom stereocenters. The van der Waals surface area contributed by atoms with Gasteiger partial charge in [0.1, 0.15) is 11.5 Å². The van der Waals surface area contributed by atoms with Crippen LogP contribution < -0.4 is 11.1 Å². The number of furan rings is 1. The molecule has 20 heavy (non-hydrogen) atoms. The number of rotatable bonds is 1. The first-order chi connectivity index (χ1) is 9.72. The number of benzene rings is 1. The molecular formula is C14H13N5O. The van der Waals surface area contributed by atoms with E-state index in [9.17, 15) is 0 Å². The predicted molar refractivity (Wildman–Crippen MR) is 76.6 cm³/mol. The minimum atomic E-state index is -0.327. The van der Waals surface area contributed by atoms with Crippen LogP contribution in [0.15, 0.2) is 45.8 Å². The second-order valence-corrected chi connectivity index (χ2v) is 4.76. The van der Waals surface area contributed by atoms with Gasteiger partial charge >= 0.3 is 0 Å². The number of hydrogen-bond acceptors (Lipinski definition) is 5. The van der Waals surface area contributed by atoms with E-state index < -0.39 is 0 Å². The van der Waals surface area contributed by atoms with E-state index in [0.29, 0.717) is 11.9 Å². The molecule has 0 fully saturated rings. The van der Waals surface area contributed by atoms with E-state index in [1.807, 2.05) is 47.9 Å². The molecule has 0 aliphatic carbocycles. The summed E-state index contributed by atoms with van der Waals surface area (Å²) in [4.78, 5) is 8.98. The van der Waals surface area contributed by atoms with Crippen molar-refractivity contribution in [2.24, 2.45) is 10.7 Å². The summed E-state index contributed by atoms with van der Waals surface area (Å²) in [5.74, 6) is 2.61. The van der Waals surface area contributed by atoms with Crippen LogP contribution in [0.1, 0.15) is 17.7 Å². The highest BCUT2D eigenvalue weighted by Crippen LogP contribution is 2.32. The second-order valence-electron chi connectivity index (χ2n) is 4.76. The van der Waals surface area contributed by atoms with Crippen molar-refractivity contribution in [1.29, 1.82) is 0 Å². The van der Waals surface area contributed by atoms with Crippen molar-refractivity contribution in [3.63, 3.8) is 0 Å². The Morgan fingerprint density at radius 3 is 2.90 bits per heavy atom. The van der Waals surface area contributed by atoms with Gasteiger partial charge in [0.15, 0.2) is 12.1 Å².